The fourth-order valence-corrected chi connectivity index (χ4v) is 4.19. The van der Waals surface area contributed by atoms with Gasteiger partial charge in [-0.15, -0.1) is 0 Å². The monoisotopic (exact) mass is 463 g/mol. The Balaban J connectivity index is 1.77. The standard InChI is InChI=1S/C29H37NO4/c1-20(2)14-24(18-31)30-17-27-28(32-4)15-25(16-29(27)33-5)34-19-23-12-9-13-26(21(23)3)22-10-7-6-8-11-22/h6-13,15-16,20,24,30-31H,14,17-19H2,1-5H3/t24-/m1/s1. The van der Waals surface area contributed by atoms with Crippen LogP contribution in [0.4, 0.5) is 0 Å². The first-order valence-electron chi connectivity index (χ1n) is 11.8. The lowest BCUT2D eigenvalue weighted by Gasteiger charge is -2.21. The molecule has 0 aromatic heterocycles. The van der Waals surface area contributed by atoms with Gasteiger partial charge in [0.1, 0.15) is 23.9 Å². The number of hydrogen-bond donors (Lipinski definition) is 2. The second kappa shape index (κ2) is 12.4. The predicted octanol–water partition coefficient (Wildman–Crippen LogP) is 5.75. The Kier molecular flexibility index (Phi) is 9.37. The van der Waals surface area contributed by atoms with Gasteiger partial charge in [0.25, 0.3) is 0 Å². The second-order valence-corrected chi connectivity index (χ2v) is 8.94. The Bertz CT molecular complexity index is 1020. The van der Waals surface area contributed by atoms with E-state index in [1.54, 1.807) is 14.2 Å². The van der Waals surface area contributed by atoms with Gasteiger partial charge in [-0.3, -0.25) is 0 Å². The van der Waals surface area contributed by atoms with Crippen LogP contribution in [0.25, 0.3) is 11.1 Å². The first-order valence-corrected chi connectivity index (χ1v) is 11.8. The summed E-state index contributed by atoms with van der Waals surface area (Å²) in [5.41, 5.74) is 5.64. The summed E-state index contributed by atoms with van der Waals surface area (Å²) in [6.45, 7) is 7.49. The van der Waals surface area contributed by atoms with Crippen molar-refractivity contribution in [3.8, 4) is 28.4 Å². The van der Waals surface area contributed by atoms with Crippen LogP contribution in [0.2, 0.25) is 0 Å². The van der Waals surface area contributed by atoms with Crippen LogP contribution in [0.1, 0.15) is 37.0 Å². The molecule has 0 heterocycles. The van der Waals surface area contributed by atoms with Crippen LogP contribution in [0.3, 0.4) is 0 Å². The Labute approximate surface area is 203 Å². The molecule has 5 nitrogen and oxygen atoms in total. The molecule has 0 aliphatic rings. The number of methoxy groups -OCH3 is 2. The van der Waals surface area contributed by atoms with Crippen molar-refractivity contribution >= 4 is 0 Å². The third-order valence-corrected chi connectivity index (χ3v) is 6.05. The maximum atomic E-state index is 9.70. The van der Waals surface area contributed by atoms with Gasteiger partial charge in [0.2, 0.25) is 0 Å². The minimum absolute atomic E-state index is 0.0187. The molecule has 3 aromatic rings. The van der Waals surface area contributed by atoms with Crippen LogP contribution in [-0.4, -0.2) is 32.0 Å². The van der Waals surface area contributed by atoms with E-state index >= 15 is 0 Å². The third kappa shape index (κ3) is 6.52. The van der Waals surface area contributed by atoms with Crippen molar-refractivity contribution in [2.75, 3.05) is 20.8 Å². The highest BCUT2D eigenvalue weighted by molar-refractivity contribution is 5.68. The average molecular weight is 464 g/mol. The summed E-state index contributed by atoms with van der Waals surface area (Å²) < 4.78 is 17.5. The number of nitrogens with one attached hydrogen (secondary N) is 1. The van der Waals surface area contributed by atoms with E-state index in [4.69, 9.17) is 14.2 Å². The zero-order chi connectivity index (χ0) is 24.5. The SMILES string of the molecule is COc1cc(OCc2cccc(-c3ccccc3)c2C)cc(OC)c1CN[C@@H](CO)CC(C)C. The molecular weight excluding hydrogens is 426 g/mol. The summed E-state index contributed by atoms with van der Waals surface area (Å²) in [5, 5.41) is 13.1. The van der Waals surface area contributed by atoms with Crippen LogP contribution in [0, 0.1) is 12.8 Å². The lowest BCUT2D eigenvalue weighted by atomic mass is 9.97. The molecule has 0 radical (unpaired) electrons. The van der Waals surface area contributed by atoms with Crippen LogP contribution < -0.4 is 19.5 Å². The molecular formula is C29H37NO4. The van der Waals surface area contributed by atoms with Gasteiger partial charge in [0, 0.05) is 24.7 Å². The summed E-state index contributed by atoms with van der Waals surface area (Å²) in [6.07, 6.45) is 0.893. The van der Waals surface area contributed by atoms with Gasteiger partial charge in [-0.05, 0) is 41.5 Å². The number of rotatable bonds is 12. The Hall–Kier alpha value is -3.02. The first-order chi connectivity index (χ1) is 16.5. The van der Waals surface area contributed by atoms with E-state index in [0.29, 0.717) is 36.3 Å². The normalized spacial score (nSPS) is 12.0. The predicted molar refractivity (Wildman–Crippen MR) is 138 cm³/mol. The summed E-state index contributed by atoms with van der Waals surface area (Å²) >= 11 is 0. The molecule has 0 spiro atoms. The summed E-state index contributed by atoms with van der Waals surface area (Å²) in [5.74, 6) is 2.56. The molecule has 0 bridgehead atoms. The molecule has 0 saturated heterocycles. The van der Waals surface area contributed by atoms with Gasteiger partial charge in [-0.2, -0.15) is 0 Å². The smallest absolute Gasteiger partial charge is 0.130 e. The van der Waals surface area contributed by atoms with Crippen molar-refractivity contribution < 1.29 is 19.3 Å². The molecule has 0 aliphatic heterocycles. The molecule has 3 rings (SSSR count). The molecule has 34 heavy (non-hydrogen) atoms. The van der Waals surface area contributed by atoms with Crippen LogP contribution in [0.5, 0.6) is 17.2 Å². The molecule has 2 N–H and O–H groups in total. The molecule has 0 saturated carbocycles. The van der Waals surface area contributed by atoms with Gasteiger partial charge in [-0.25, -0.2) is 0 Å². The van der Waals surface area contributed by atoms with E-state index in [0.717, 1.165) is 17.5 Å². The molecule has 3 aromatic carbocycles. The molecule has 0 unspecified atom stereocenters. The largest absolute Gasteiger partial charge is 0.496 e. The fraction of sp³-hybridized carbons (Fsp3) is 0.379. The molecule has 0 amide bonds. The van der Waals surface area contributed by atoms with E-state index in [1.807, 2.05) is 18.2 Å². The summed E-state index contributed by atoms with van der Waals surface area (Å²) in [6, 6.07) is 20.5. The number of benzene rings is 3. The maximum absolute atomic E-state index is 9.70. The van der Waals surface area contributed by atoms with Crippen LogP contribution in [-0.2, 0) is 13.2 Å². The van der Waals surface area contributed by atoms with E-state index < -0.39 is 0 Å². The van der Waals surface area contributed by atoms with E-state index in [2.05, 4.69) is 68.6 Å². The van der Waals surface area contributed by atoms with Crippen molar-refractivity contribution in [2.45, 2.75) is 46.4 Å². The number of aliphatic hydroxyl groups is 1. The van der Waals surface area contributed by atoms with Crippen molar-refractivity contribution in [3.63, 3.8) is 0 Å². The Morgan fingerprint density at radius 2 is 1.59 bits per heavy atom. The van der Waals surface area contributed by atoms with Crippen molar-refractivity contribution in [3.05, 3.63) is 77.4 Å². The van der Waals surface area contributed by atoms with Gasteiger partial charge < -0.3 is 24.6 Å². The zero-order valence-corrected chi connectivity index (χ0v) is 20.9. The zero-order valence-electron chi connectivity index (χ0n) is 20.9. The molecule has 5 heteroatoms. The topological polar surface area (TPSA) is 60.0 Å². The quantitative estimate of drug-likeness (QED) is 0.358. The number of ether oxygens (including phenoxy) is 3. The first kappa shape index (κ1) is 25.6. The van der Waals surface area contributed by atoms with Crippen molar-refractivity contribution in [2.24, 2.45) is 5.92 Å². The van der Waals surface area contributed by atoms with Crippen LogP contribution >= 0.6 is 0 Å². The minimum Gasteiger partial charge on any atom is -0.496 e. The molecule has 0 fully saturated rings. The lowest BCUT2D eigenvalue weighted by Crippen LogP contribution is -2.33. The van der Waals surface area contributed by atoms with E-state index in [9.17, 15) is 5.11 Å². The van der Waals surface area contributed by atoms with E-state index in [-0.39, 0.29) is 12.6 Å². The highest BCUT2D eigenvalue weighted by atomic mass is 16.5. The molecule has 0 aliphatic carbocycles. The highest BCUT2D eigenvalue weighted by Crippen LogP contribution is 2.35. The highest BCUT2D eigenvalue weighted by Gasteiger charge is 2.17. The summed E-state index contributed by atoms with van der Waals surface area (Å²) in [4.78, 5) is 0. The van der Waals surface area contributed by atoms with Crippen molar-refractivity contribution in [1.29, 1.82) is 0 Å². The minimum atomic E-state index is 0.0187. The van der Waals surface area contributed by atoms with Gasteiger partial charge in [0.15, 0.2) is 0 Å². The van der Waals surface area contributed by atoms with Gasteiger partial charge in [-0.1, -0.05) is 62.4 Å². The lowest BCUT2D eigenvalue weighted by molar-refractivity contribution is 0.222. The summed E-state index contributed by atoms with van der Waals surface area (Å²) in [7, 11) is 3.29. The van der Waals surface area contributed by atoms with E-state index in [1.165, 1.54) is 16.7 Å². The third-order valence-electron chi connectivity index (χ3n) is 6.05. The van der Waals surface area contributed by atoms with Gasteiger partial charge >= 0.3 is 0 Å². The van der Waals surface area contributed by atoms with Crippen LogP contribution in [0.15, 0.2) is 60.7 Å². The average Bonchev–Trinajstić information content (AvgIpc) is 2.86. The maximum Gasteiger partial charge on any atom is 0.130 e. The number of hydrogen-bond acceptors (Lipinski definition) is 5. The molecule has 182 valence electrons. The van der Waals surface area contributed by atoms with Gasteiger partial charge in [0.05, 0.1) is 26.4 Å². The molecule has 1 atom stereocenters. The Morgan fingerprint density at radius 3 is 2.18 bits per heavy atom. The fourth-order valence-electron chi connectivity index (χ4n) is 4.19. The Morgan fingerprint density at radius 1 is 0.912 bits per heavy atom. The van der Waals surface area contributed by atoms with Crippen molar-refractivity contribution in [1.82, 2.24) is 5.32 Å². The number of aliphatic hydroxyl groups excluding tert-OH is 1. The second-order valence-electron chi connectivity index (χ2n) is 8.94.